The molecule has 5 nitrogen and oxygen atoms in total. The number of nitrogens with zero attached hydrogens (tertiary/aromatic N) is 3. The summed E-state index contributed by atoms with van der Waals surface area (Å²) in [6, 6.07) is 10.2. The first kappa shape index (κ1) is 22.9. The molecule has 1 saturated heterocycles. The maximum absolute atomic E-state index is 13.3. The second kappa shape index (κ2) is 11.1. The average molecular weight is 458 g/mol. The van der Waals surface area contributed by atoms with Crippen molar-refractivity contribution >= 4 is 23.2 Å². The zero-order valence-corrected chi connectivity index (χ0v) is 19.4. The van der Waals surface area contributed by atoms with E-state index >= 15 is 0 Å². The molecule has 4 rings (SSSR count). The van der Waals surface area contributed by atoms with E-state index in [4.69, 9.17) is 0 Å². The van der Waals surface area contributed by atoms with Crippen LogP contribution in [0, 0.1) is 11.7 Å². The molecule has 0 N–H and O–H groups in total. The molecule has 1 aliphatic carbocycles. The highest BCUT2D eigenvalue weighted by molar-refractivity contribution is 7.12. The van der Waals surface area contributed by atoms with Crippen molar-refractivity contribution in [2.24, 2.45) is 5.92 Å². The van der Waals surface area contributed by atoms with Crippen LogP contribution in [0.5, 0.6) is 0 Å². The van der Waals surface area contributed by atoms with Crippen LogP contribution in [0.2, 0.25) is 0 Å². The van der Waals surface area contributed by atoms with Crippen molar-refractivity contribution in [1.29, 1.82) is 0 Å². The van der Waals surface area contributed by atoms with Crippen molar-refractivity contribution in [3.63, 3.8) is 0 Å². The van der Waals surface area contributed by atoms with E-state index in [9.17, 15) is 14.0 Å². The topological polar surface area (TPSA) is 43.9 Å². The van der Waals surface area contributed by atoms with E-state index in [0.29, 0.717) is 26.2 Å². The number of amides is 2. The minimum absolute atomic E-state index is 0.115. The Bertz CT molecular complexity index is 873. The fraction of sp³-hybridized carbons (Fsp3) is 0.520. The van der Waals surface area contributed by atoms with E-state index in [1.807, 2.05) is 27.3 Å². The fourth-order valence-corrected chi connectivity index (χ4v) is 5.37. The third kappa shape index (κ3) is 5.95. The molecule has 0 atom stereocenters. The van der Waals surface area contributed by atoms with E-state index in [1.165, 1.54) is 29.9 Å². The molecule has 2 amide bonds. The summed E-state index contributed by atoms with van der Waals surface area (Å²) in [6.07, 6.45) is 5.42. The number of carbonyl (C=O) groups excluding carboxylic acids is 2. The van der Waals surface area contributed by atoms with Gasteiger partial charge in [-0.05, 0) is 42.0 Å². The van der Waals surface area contributed by atoms with Gasteiger partial charge in [-0.25, -0.2) is 4.39 Å². The highest BCUT2D eigenvalue weighted by atomic mass is 32.1. The Morgan fingerprint density at radius 2 is 1.72 bits per heavy atom. The zero-order chi connectivity index (χ0) is 22.3. The molecule has 1 saturated carbocycles. The van der Waals surface area contributed by atoms with Crippen LogP contribution in [0.3, 0.4) is 0 Å². The van der Waals surface area contributed by atoms with Gasteiger partial charge in [-0.3, -0.25) is 14.5 Å². The first-order chi connectivity index (χ1) is 15.6. The average Bonchev–Trinajstić information content (AvgIpc) is 3.38. The smallest absolute Gasteiger partial charge is 0.264 e. The van der Waals surface area contributed by atoms with Crippen LogP contribution in [0.4, 0.5) is 4.39 Å². The number of hydrogen-bond donors (Lipinski definition) is 0. The standard InChI is InChI=1S/C25H32FN3O2S/c26-22-10-8-20(9-11-22)19-29(24(30)21-5-2-1-3-6-21)17-14-27-12-15-28(16-13-27)25(31)23-7-4-18-32-23/h4,7-11,18,21H,1-3,5-6,12-17,19H2. The van der Waals surface area contributed by atoms with Gasteiger partial charge in [-0.1, -0.05) is 37.5 Å². The van der Waals surface area contributed by atoms with Crippen molar-refractivity contribution < 1.29 is 14.0 Å². The van der Waals surface area contributed by atoms with E-state index in [0.717, 1.165) is 55.8 Å². The quantitative estimate of drug-likeness (QED) is 0.624. The molecule has 0 spiro atoms. The summed E-state index contributed by atoms with van der Waals surface area (Å²) >= 11 is 1.49. The summed E-state index contributed by atoms with van der Waals surface area (Å²) in [6.45, 7) is 5.04. The van der Waals surface area contributed by atoms with E-state index < -0.39 is 0 Å². The van der Waals surface area contributed by atoms with Crippen molar-refractivity contribution in [1.82, 2.24) is 14.7 Å². The minimum Gasteiger partial charge on any atom is -0.337 e. The number of carbonyl (C=O) groups is 2. The van der Waals surface area contributed by atoms with Gasteiger partial charge in [0.05, 0.1) is 4.88 Å². The fourth-order valence-electron chi connectivity index (χ4n) is 4.68. The molecule has 2 aromatic rings. The Balaban J connectivity index is 1.33. The third-order valence-corrected chi connectivity index (χ3v) is 7.49. The van der Waals surface area contributed by atoms with Crippen LogP contribution < -0.4 is 0 Å². The maximum Gasteiger partial charge on any atom is 0.264 e. The minimum atomic E-state index is -0.256. The number of hydrogen-bond acceptors (Lipinski definition) is 4. The second-order valence-corrected chi connectivity index (χ2v) is 9.78. The first-order valence-corrected chi connectivity index (χ1v) is 12.6. The van der Waals surface area contributed by atoms with Crippen molar-refractivity contribution in [3.8, 4) is 0 Å². The molecule has 1 aromatic heterocycles. The number of thiophene rings is 1. The maximum atomic E-state index is 13.3. The van der Waals surface area contributed by atoms with Gasteiger partial charge >= 0.3 is 0 Å². The van der Waals surface area contributed by atoms with Gasteiger partial charge in [0.15, 0.2) is 0 Å². The number of halogens is 1. The van der Waals surface area contributed by atoms with E-state index in [-0.39, 0.29) is 23.5 Å². The van der Waals surface area contributed by atoms with Crippen molar-refractivity contribution in [2.75, 3.05) is 39.3 Å². The molecule has 0 bridgehead atoms. The lowest BCUT2D eigenvalue weighted by atomic mass is 9.88. The molecule has 172 valence electrons. The molecule has 2 aliphatic rings. The molecule has 0 unspecified atom stereocenters. The van der Waals surface area contributed by atoms with Gasteiger partial charge in [0, 0.05) is 51.7 Å². The predicted octanol–water partition coefficient (Wildman–Crippen LogP) is 4.25. The summed E-state index contributed by atoms with van der Waals surface area (Å²) < 4.78 is 13.3. The molecule has 2 heterocycles. The third-order valence-electron chi connectivity index (χ3n) is 6.63. The Labute approximate surface area is 193 Å². The largest absolute Gasteiger partial charge is 0.337 e. The summed E-state index contributed by atoms with van der Waals surface area (Å²) in [7, 11) is 0. The molecular weight excluding hydrogens is 425 g/mol. The van der Waals surface area contributed by atoms with Crippen LogP contribution in [0.15, 0.2) is 41.8 Å². The lowest BCUT2D eigenvalue weighted by Gasteiger charge is -2.36. The summed E-state index contributed by atoms with van der Waals surface area (Å²) in [5.41, 5.74) is 0.960. The number of rotatable bonds is 7. The van der Waals surface area contributed by atoms with Gasteiger partial charge in [-0.15, -0.1) is 11.3 Å². The second-order valence-electron chi connectivity index (χ2n) is 8.83. The predicted molar refractivity (Wildman–Crippen MR) is 125 cm³/mol. The molecule has 1 aromatic carbocycles. The lowest BCUT2D eigenvalue weighted by Crippen LogP contribution is -2.50. The van der Waals surface area contributed by atoms with Crippen LogP contribution in [0.1, 0.15) is 47.3 Å². The van der Waals surface area contributed by atoms with Crippen LogP contribution in [-0.2, 0) is 11.3 Å². The van der Waals surface area contributed by atoms with Crippen molar-refractivity contribution in [3.05, 3.63) is 58.0 Å². The van der Waals surface area contributed by atoms with Gasteiger partial charge in [0.1, 0.15) is 5.82 Å². The van der Waals surface area contributed by atoms with E-state index in [1.54, 1.807) is 12.1 Å². The molecule has 7 heteroatoms. The van der Waals surface area contributed by atoms with E-state index in [2.05, 4.69) is 4.90 Å². The van der Waals surface area contributed by atoms with Crippen LogP contribution in [-0.4, -0.2) is 65.8 Å². The normalized spacial score (nSPS) is 18.0. The molecular formula is C25H32FN3O2S. The molecule has 2 fully saturated rings. The highest BCUT2D eigenvalue weighted by Crippen LogP contribution is 2.26. The summed E-state index contributed by atoms with van der Waals surface area (Å²) in [5.74, 6) is 0.212. The van der Waals surface area contributed by atoms with Gasteiger partial charge in [0.25, 0.3) is 5.91 Å². The SMILES string of the molecule is O=C(c1cccs1)N1CCN(CCN(Cc2ccc(F)cc2)C(=O)C2CCCCC2)CC1. The van der Waals surface area contributed by atoms with Gasteiger partial charge in [-0.2, -0.15) is 0 Å². The summed E-state index contributed by atoms with van der Waals surface area (Å²) in [5, 5.41) is 1.93. The number of benzene rings is 1. The van der Waals surface area contributed by atoms with Gasteiger partial charge < -0.3 is 9.80 Å². The van der Waals surface area contributed by atoms with Crippen LogP contribution in [0.25, 0.3) is 0 Å². The Morgan fingerprint density at radius 3 is 2.38 bits per heavy atom. The Hall–Kier alpha value is -2.25. The highest BCUT2D eigenvalue weighted by Gasteiger charge is 2.27. The Morgan fingerprint density at radius 1 is 1.00 bits per heavy atom. The van der Waals surface area contributed by atoms with Crippen LogP contribution >= 0.6 is 11.3 Å². The van der Waals surface area contributed by atoms with Crippen molar-refractivity contribution in [2.45, 2.75) is 38.6 Å². The molecule has 1 aliphatic heterocycles. The molecule has 0 radical (unpaired) electrons. The number of piperazine rings is 1. The van der Waals surface area contributed by atoms with Gasteiger partial charge in [0.2, 0.25) is 5.91 Å². The summed E-state index contributed by atoms with van der Waals surface area (Å²) in [4.78, 5) is 32.9. The monoisotopic (exact) mass is 457 g/mol. The zero-order valence-electron chi connectivity index (χ0n) is 18.5. The Kier molecular flexibility index (Phi) is 7.92. The first-order valence-electron chi connectivity index (χ1n) is 11.7. The lowest BCUT2D eigenvalue weighted by molar-refractivity contribution is -0.137. The molecule has 32 heavy (non-hydrogen) atoms.